The van der Waals surface area contributed by atoms with E-state index in [4.69, 9.17) is 11.6 Å². The maximum absolute atomic E-state index is 12.1. The summed E-state index contributed by atoms with van der Waals surface area (Å²) in [5, 5.41) is 3.43. The van der Waals surface area contributed by atoms with Gasteiger partial charge in [0.1, 0.15) is 5.69 Å². The number of rotatable bonds is 6. The van der Waals surface area contributed by atoms with Crippen molar-refractivity contribution in [2.24, 2.45) is 0 Å². The molecule has 0 radical (unpaired) electrons. The first-order valence-corrected chi connectivity index (χ1v) is 7.72. The summed E-state index contributed by atoms with van der Waals surface area (Å²) in [7, 11) is 2.03. The number of halogens is 1. The first kappa shape index (κ1) is 16.3. The number of hydrogen-bond donors (Lipinski definition) is 1. The summed E-state index contributed by atoms with van der Waals surface area (Å²) in [6.07, 6.45) is 4.01. The normalized spacial score (nSPS) is 10.3. The number of unbranched alkanes of at least 4 members (excludes halogenated alkanes) is 1. The van der Waals surface area contributed by atoms with Gasteiger partial charge < -0.3 is 10.2 Å². The second-order valence-corrected chi connectivity index (χ2v) is 5.57. The van der Waals surface area contributed by atoms with E-state index in [1.54, 1.807) is 36.5 Å². The van der Waals surface area contributed by atoms with Gasteiger partial charge in [-0.25, -0.2) is 4.98 Å². The van der Waals surface area contributed by atoms with E-state index in [0.717, 1.165) is 25.1 Å². The summed E-state index contributed by atoms with van der Waals surface area (Å²) in [4.78, 5) is 18.5. The second kappa shape index (κ2) is 7.80. The average Bonchev–Trinajstić information content (AvgIpc) is 2.55. The number of amides is 1. The molecule has 0 fully saturated rings. The molecule has 5 heteroatoms. The number of carbonyl (C=O) groups is 1. The second-order valence-electron chi connectivity index (χ2n) is 5.14. The molecule has 0 atom stereocenters. The van der Waals surface area contributed by atoms with Gasteiger partial charge in [-0.1, -0.05) is 24.9 Å². The Balaban J connectivity index is 2.00. The zero-order chi connectivity index (χ0) is 15.9. The third-order valence-electron chi connectivity index (χ3n) is 3.37. The Labute approximate surface area is 136 Å². The molecule has 116 valence electrons. The number of hydrogen-bond acceptors (Lipinski definition) is 3. The van der Waals surface area contributed by atoms with E-state index in [2.05, 4.69) is 22.1 Å². The Morgan fingerprint density at radius 3 is 2.55 bits per heavy atom. The first-order chi connectivity index (χ1) is 10.6. The zero-order valence-electron chi connectivity index (χ0n) is 12.8. The molecule has 0 aliphatic carbocycles. The van der Waals surface area contributed by atoms with Crippen LogP contribution < -0.4 is 10.2 Å². The molecule has 2 rings (SSSR count). The van der Waals surface area contributed by atoms with Crippen LogP contribution in [-0.2, 0) is 0 Å². The number of aromatic nitrogens is 1. The summed E-state index contributed by atoms with van der Waals surface area (Å²) in [6.45, 7) is 3.14. The highest BCUT2D eigenvalue weighted by molar-refractivity contribution is 6.30. The predicted molar refractivity (Wildman–Crippen MR) is 91.8 cm³/mol. The van der Waals surface area contributed by atoms with Gasteiger partial charge >= 0.3 is 0 Å². The van der Waals surface area contributed by atoms with Gasteiger partial charge in [-0.05, 0) is 42.8 Å². The molecule has 0 spiro atoms. The Bertz CT molecular complexity index is 611. The number of anilines is 2. The third-order valence-corrected chi connectivity index (χ3v) is 3.62. The van der Waals surface area contributed by atoms with Crippen LogP contribution in [0.4, 0.5) is 11.4 Å². The lowest BCUT2D eigenvalue weighted by atomic mass is 10.2. The maximum atomic E-state index is 12.1. The number of nitrogens with one attached hydrogen (secondary N) is 1. The van der Waals surface area contributed by atoms with E-state index in [9.17, 15) is 4.79 Å². The third kappa shape index (κ3) is 4.46. The summed E-state index contributed by atoms with van der Waals surface area (Å²) in [5.74, 6) is -0.231. The standard InChI is InChI=1S/C17H20ClN3O/c1-3-4-11-21(2)15-9-10-16(19-12-15)17(22)20-14-7-5-13(18)6-8-14/h5-10,12H,3-4,11H2,1-2H3,(H,20,22). The van der Waals surface area contributed by atoms with Crippen molar-refractivity contribution in [2.75, 3.05) is 23.8 Å². The van der Waals surface area contributed by atoms with Gasteiger partial charge in [0.05, 0.1) is 11.9 Å². The van der Waals surface area contributed by atoms with E-state index in [-0.39, 0.29) is 5.91 Å². The summed E-state index contributed by atoms with van der Waals surface area (Å²) >= 11 is 5.82. The van der Waals surface area contributed by atoms with Crippen LogP contribution in [0.1, 0.15) is 30.3 Å². The lowest BCUT2D eigenvalue weighted by Gasteiger charge is -2.18. The van der Waals surface area contributed by atoms with Crippen molar-refractivity contribution in [3.8, 4) is 0 Å². The van der Waals surface area contributed by atoms with Gasteiger partial charge in [0.15, 0.2) is 0 Å². The lowest BCUT2D eigenvalue weighted by Crippen LogP contribution is -2.19. The van der Waals surface area contributed by atoms with Crippen molar-refractivity contribution in [3.05, 3.63) is 53.3 Å². The minimum atomic E-state index is -0.231. The molecule has 4 nitrogen and oxygen atoms in total. The smallest absolute Gasteiger partial charge is 0.274 e. The van der Waals surface area contributed by atoms with Crippen LogP contribution in [0.25, 0.3) is 0 Å². The summed E-state index contributed by atoms with van der Waals surface area (Å²) in [6, 6.07) is 10.6. The van der Waals surface area contributed by atoms with E-state index >= 15 is 0 Å². The molecule has 22 heavy (non-hydrogen) atoms. The molecule has 0 aliphatic rings. The molecular weight excluding hydrogens is 298 g/mol. The fourth-order valence-corrected chi connectivity index (χ4v) is 2.12. The molecule has 0 saturated carbocycles. The Morgan fingerprint density at radius 1 is 1.23 bits per heavy atom. The van der Waals surface area contributed by atoms with Gasteiger partial charge in [-0.15, -0.1) is 0 Å². The SMILES string of the molecule is CCCCN(C)c1ccc(C(=O)Nc2ccc(Cl)cc2)nc1. The van der Waals surface area contributed by atoms with Crippen molar-refractivity contribution in [2.45, 2.75) is 19.8 Å². The fraction of sp³-hybridized carbons (Fsp3) is 0.294. The Kier molecular flexibility index (Phi) is 5.78. The van der Waals surface area contributed by atoms with E-state index in [0.29, 0.717) is 16.4 Å². The molecule has 1 aromatic heterocycles. The molecule has 0 unspecified atom stereocenters. The molecule has 1 amide bonds. The van der Waals surface area contributed by atoms with Crippen molar-refractivity contribution < 1.29 is 4.79 Å². The highest BCUT2D eigenvalue weighted by Crippen LogP contribution is 2.15. The summed E-state index contributed by atoms with van der Waals surface area (Å²) < 4.78 is 0. The van der Waals surface area contributed by atoms with E-state index in [1.165, 1.54) is 0 Å². The number of pyridine rings is 1. The van der Waals surface area contributed by atoms with Crippen LogP contribution in [0, 0.1) is 0 Å². The lowest BCUT2D eigenvalue weighted by molar-refractivity contribution is 0.102. The van der Waals surface area contributed by atoms with Crippen molar-refractivity contribution in [3.63, 3.8) is 0 Å². The fourth-order valence-electron chi connectivity index (χ4n) is 2.00. The molecule has 2 aromatic rings. The minimum absolute atomic E-state index is 0.231. The highest BCUT2D eigenvalue weighted by Gasteiger charge is 2.08. The van der Waals surface area contributed by atoms with E-state index in [1.807, 2.05) is 13.1 Å². The van der Waals surface area contributed by atoms with Crippen LogP contribution in [0.5, 0.6) is 0 Å². The average molecular weight is 318 g/mol. The first-order valence-electron chi connectivity index (χ1n) is 7.34. The largest absolute Gasteiger partial charge is 0.373 e. The maximum Gasteiger partial charge on any atom is 0.274 e. The molecule has 1 heterocycles. The molecule has 0 saturated heterocycles. The Morgan fingerprint density at radius 2 is 1.95 bits per heavy atom. The van der Waals surface area contributed by atoms with Crippen molar-refractivity contribution in [1.29, 1.82) is 0 Å². The molecule has 0 bridgehead atoms. The Hall–Kier alpha value is -2.07. The number of carbonyl (C=O) groups excluding carboxylic acids is 1. The molecular formula is C17H20ClN3O. The number of benzene rings is 1. The van der Waals surface area contributed by atoms with Crippen molar-refractivity contribution in [1.82, 2.24) is 4.98 Å². The van der Waals surface area contributed by atoms with Crippen LogP contribution in [0.2, 0.25) is 5.02 Å². The van der Waals surface area contributed by atoms with Crippen molar-refractivity contribution >= 4 is 28.9 Å². The van der Waals surface area contributed by atoms with Gasteiger partial charge in [-0.2, -0.15) is 0 Å². The topological polar surface area (TPSA) is 45.2 Å². The van der Waals surface area contributed by atoms with Crippen LogP contribution >= 0.6 is 11.6 Å². The monoisotopic (exact) mass is 317 g/mol. The molecule has 1 N–H and O–H groups in total. The number of nitrogens with zero attached hydrogens (tertiary/aromatic N) is 2. The van der Waals surface area contributed by atoms with Crippen LogP contribution in [0.15, 0.2) is 42.6 Å². The summed E-state index contributed by atoms with van der Waals surface area (Å²) in [5.41, 5.74) is 2.10. The predicted octanol–water partition coefficient (Wildman–Crippen LogP) is 4.22. The van der Waals surface area contributed by atoms with Crippen LogP contribution in [0.3, 0.4) is 0 Å². The minimum Gasteiger partial charge on any atom is -0.373 e. The quantitative estimate of drug-likeness (QED) is 0.867. The van der Waals surface area contributed by atoms with E-state index < -0.39 is 0 Å². The molecule has 1 aromatic carbocycles. The van der Waals surface area contributed by atoms with Gasteiger partial charge in [-0.3, -0.25) is 4.79 Å². The molecule has 0 aliphatic heterocycles. The van der Waals surface area contributed by atoms with Gasteiger partial charge in [0.2, 0.25) is 0 Å². The zero-order valence-corrected chi connectivity index (χ0v) is 13.6. The van der Waals surface area contributed by atoms with Gasteiger partial charge in [0, 0.05) is 24.3 Å². The van der Waals surface area contributed by atoms with Gasteiger partial charge in [0.25, 0.3) is 5.91 Å². The van der Waals surface area contributed by atoms with Crippen LogP contribution in [-0.4, -0.2) is 24.5 Å². The highest BCUT2D eigenvalue weighted by atomic mass is 35.5.